The fraction of sp³-hybridized carbons (Fsp3) is 0.381. The van der Waals surface area contributed by atoms with Gasteiger partial charge in [0, 0.05) is 17.0 Å². The van der Waals surface area contributed by atoms with Crippen LogP contribution in [0.3, 0.4) is 0 Å². The number of thiophene rings is 1. The summed E-state index contributed by atoms with van der Waals surface area (Å²) in [7, 11) is 0. The van der Waals surface area contributed by atoms with Crippen molar-refractivity contribution in [2.24, 2.45) is 11.3 Å². The second-order valence-electron chi connectivity index (χ2n) is 7.95. The van der Waals surface area contributed by atoms with E-state index in [-0.39, 0.29) is 17.4 Å². The van der Waals surface area contributed by atoms with Gasteiger partial charge in [-0.1, -0.05) is 26.0 Å². The van der Waals surface area contributed by atoms with E-state index in [2.05, 4.69) is 74.1 Å². The van der Waals surface area contributed by atoms with Gasteiger partial charge in [0.1, 0.15) is 5.78 Å². The molecule has 0 spiro atoms. The Morgan fingerprint density at radius 2 is 1.88 bits per heavy atom. The van der Waals surface area contributed by atoms with Crippen LogP contribution < -0.4 is 10.6 Å². The van der Waals surface area contributed by atoms with E-state index in [0.29, 0.717) is 12.2 Å². The number of Topliss-reactive ketones (excluding diaryl/α,β-unsaturated/α-hetero) is 1. The van der Waals surface area contributed by atoms with Gasteiger partial charge in [-0.05, 0) is 54.0 Å². The third-order valence-electron chi connectivity index (χ3n) is 5.26. The van der Waals surface area contributed by atoms with E-state index in [0.717, 1.165) is 17.1 Å². The van der Waals surface area contributed by atoms with E-state index in [1.807, 2.05) is 0 Å². The molecule has 25 heavy (non-hydrogen) atoms. The van der Waals surface area contributed by atoms with E-state index in [1.54, 1.807) is 11.3 Å². The Balaban J connectivity index is 1.90. The molecule has 0 amide bonds. The zero-order valence-corrected chi connectivity index (χ0v) is 16.0. The lowest BCUT2D eigenvalue weighted by Gasteiger charge is -2.35. The quantitative estimate of drug-likeness (QED) is 0.718. The van der Waals surface area contributed by atoms with Gasteiger partial charge in [-0.2, -0.15) is 0 Å². The van der Waals surface area contributed by atoms with E-state index in [1.165, 1.54) is 16.0 Å². The van der Waals surface area contributed by atoms with Gasteiger partial charge in [0.05, 0.1) is 23.3 Å². The molecule has 1 aliphatic heterocycles. The largest absolute Gasteiger partial charge is 0.375 e. The summed E-state index contributed by atoms with van der Waals surface area (Å²) in [6, 6.07) is 8.52. The van der Waals surface area contributed by atoms with Crippen molar-refractivity contribution in [2.75, 3.05) is 10.6 Å². The van der Waals surface area contributed by atoms with Crippen molar-refractivity contribution in [1.82, 2.24) is 0 Å². The Kier molecular flexibility index (Phi) is 3.76. The standard InChI is InChI=1S/C21H24N2OS/c1-12-8-14-15(9-13(12)2)23-20(18-6-5-7-25-18)19-16(22-14)10-21(3,4)11-17(19)24/h5-10,19-20,22-23H,11H2,1-4H3. The zero-order chi connectivity index (χ0) is 17.8. The maximum atomic E-state index is 13.1. The summed E-state index contributed by atoms with van der Waals surface area (Å²) in [5.41, 5.74) is 5.56. The van der Waals surface area contributed by atoms with Crippen LogP contribution in [0.25, 0.3) is 0 Å². The summed E-state index contributed by atoms with van der Waals surface area (Å²) in [4.78, 5) is 14.3. The molecule has 2 aromatic rings. The predicted molar refractivity (Wildman–Crippen MR) is 105 cm³/mol. The van der Waals surface area contributed by atoms with Crippen LogP contribution in [0.4, 0.5) is 11.4 Å². The summed E-state index contributed by atoms with van der Waals surface area (Å²) in [6.45, 7) is 8.52. The minimum atomic E-state index is -0.167. The van der Waals surface area contributed by atoms with E-state index < -0.39 is 0 Å². The molecule has 0 fully saturated rings. The lowest BCUT2D eigenvalue weighted by molar-refractivity contribution is -0.124. The van der Waals surface area contributed by atoms with Crippen molar-refractivity contribution in [3.8, 4) is 0 Å². The summed E-state index contributed by atoms with van der Waals surface area (Å²) in [5, 5.41) is 9.34. The third-order valence-corrected chi connectivity index (χ3v) is 6.22. The number of fused-ring (bicyclic) bond motifs is 2. The number of carbonyl (C=O) groups excluding carboxylic acids is 1. The fourth-order valence-electron chi connectivity index (χ4n) is 3.92. The molecule has 0 saturated heterocycles. The number of benzene rings is 1. The van der Waals surface area contributed by atoms with Gasteiger partial charge in [-0.25, -0.2) is 0 Å². The first kappa shape index (κ1) is 16.4. The maximum Gasteiger partial charge on any atom is 0.145 e. The highest BCUT2D eigenvalue weighted by molar-refractivity contribution is 7.10. The number of nitrogens with one attached hydrogen (secondary N) is 2. The van der Waals surface area contributed by atoms with Crippen LogP contribution in [-0.4, -0.2) is 5.78 Å². The SMILES string of the molecule is Cc1cc2c(cc1C)NC(c1cccs1)C1C(=O)CC(C)(C)C=C1N2. The van der Waals surface area contributed by atoms with Crippen molar-refractivity contribution in [3.05, 3.63) is 57.4 Å². The number of ketones is 1. The monoisotopic (exact) mass is 352 g/mol. The van der Waals surface area contributed by atoms with E-state index in [4.69, 9.17) is 0 Å². The Labute approximate surface area is 153 Å². The smallest absolute Gasteiger partial charge is 0.145 e. The fourth-order valence-corrected chi connectivity index (χ4v) is 4.74. The average molecular weight is 353 g/mol. The Morgan fingerprint density at radius 1 is 1.16 bits per heavy atom. The number of carbonyl (C=O) groups is 1. The second-order valence-corrected chi connectivity index (χ2v) is 8.93. The molecular formula is C21H24N2OS. The van der Waals surface area contributed by atoms with Gasteiger partial charge in [0.15, 0.2) is 0 Å². The van der Waals surface area contributed by atoms with Gasteiger partial charge < -0.3 is 10.6 Å². The molecule has 4 rings (SSSR count). The number of hydrogen-bond acceptors (Lipinski definition) is 4. The number of hydrogen-bond donors (Lipinski definition) is 2. The van der Waals surface area contributed by atoms with Gasteiger partial charge in [0.2, 0.25) is 0 Å². The molecule has 4 heteroatoms. The van der Waals surface area contributed by atoms with Crippen LogP contribution >= 0.6 is 11.3 Å². The first-order chi connectivity index (χ1) is 11.8. The molecule has 2 atom stereocenters. The topological polar surface area (TPSA) is 41.1 Å². The molecule has 1 aliphatic carbocycles. The van der Waals surface area contributed by atoms with Crippen LogP contribution in [0.2, 0.25) is 0 Å². The number of aryl methyl sites for hydroxylation is 2. The minimum absolute atomic E-state index is 0.0225. The van der Waals surface area contributed by atoms with Crippen LogP contribution in [-0.2, 0) is 4.79 Å². The van der Waals surface area contributed by atoms with E-state index >= 15 is 0 Å². The van der Waals surface area contributed by atoms with E-state index in [9.17, 15) is 4.79 Å². The maximum absolute atomic E-state index is 13.1. The van der Waals surface area contributed by atoms with Crippen molar-refractivity contribution < 1.29 is 4.79 Å². The van der Waals surface area contributed by atoms with Crippen LogP contribution in [0, 0.1) is 25.2 Å². The van der Waals surface area contributed by atoms with Crippen molar-refractivity contribution in [1.29, 1.82) is 0 Å². The summed E-state index contributed by atoms with van der Waals surface area (Å²) in [5.74, 6) is 0.141. The van der Waals surface area contributed by atoms with Gasteiger partial charge in [-0.15, -0.1) is 11.3 Å². The number of allylic oxidation sites excluding steroid dienone is 1. The Hall–Kier alpha value is -2.07. The molecule has 2 heterocycles. The molecule has 1 aromatic heterocycles. The molecule has 0 radical (unpaired) electrons. The second kappa shape index (κ2) is 5.73. The van der Waals surface area contributed by atoms with Gasteiger partial charge in [0.25, 0.3) is 0 Å². The lowest BCUT2D eigenvalue weighted by atomic mass is 9.73. The van der Waals surface area contributed by atoms with Crippen LogP contribution in [0.1, 0.15) is 42.3 Å². The predicted octanol–water partition coefficient (Wildman–Crippen LogP) is 5.44. The third kappa shape index (κ3) is 2.89. The molecule has 2 unspecified atom stereocenters. The molecule has 2 aliphatic rings. The van der Waals surface area contributed by atoms with Crippen molar-refractivity contribution >= 4 is 28.5 Å². The molecular weight excluding hydrogens is 328 g/mol. The number of anilines is 2. The van der Waals surface area contributed by atoms with Crippen LogP contribution in [0.5, 0.6) is 0 Å². The Bertz CT molecular complexity index is 864. The van der Waals surface area contributed by atoms with Crippen molar-refractivity contribution in [3.63, 3.8) is 0 Å². The lowest BCUT2D eigenvalue weighted by Crippen LogP contribution is -2.36. The molecule has 0 bridgehead atoms. The highest BCUT2D eigenvalue weighted by atomic mass is 32.1. The molecule has 3 nitrogen and oxygen atoms in total. The normalized spacial score (nSPS) is 24.3. The zero-order valence-electron chi connectivity index (χ0n) is 15.1. The number of rotatable bonds is 1. The first-order valence-corrected chi connectivity index (χ1v) is 9.66. The first-order valence-electron chi connectivity index (χ1n) is 8.78. The van der Waals surface area contributed by atoms with Crippen LogP contribution in [0.15, 0.2) is 41.4 Å². The van der Waals surface area contributed by atoms with Gasteiger partial charge >= 0.3 is 0 Å². The molecule has 1 aromatic carbocycles. The molecule has 130 valence electrons. The van der Waals surface area contributed by atoms with Crippen molar-refractivity contribution in [2.45, 2.75) is 40.2 Å². The highest BCUT2D eigenvalue weighted by Crippen LogP contribution is 2.46. The van der Waals surface area contributed by atoms with Gasteiger partial charge in [-0.3, -0.25) is 4.79 Å². The molecule has 0 saturated carbocycles. The summed E-state index contributed by atoms with van der Waals surface area (Å²) in [6.07, 6.45) is 2.84. The minimum Gasteiger partial charge on any atom is -0.375 e. The Morgan fingerprint density at radius 3 is 2.56 bits per heavy atom. The summed E-state index contributed by atoms with van der Waals surface area (Å²) >= 11 is 1.71. The molecule has 2 N–H and O–H groups in total. The highest BCUT2D eigenvalue weighted by Gasteiger charge is 2.42. The average Bonchev–Trinajstić information content (AvgIpc) is 2.98. The summed E-state index contributed by atoms with van der Waals surface area (Å²) < 4.78 is 0.